The molecule has 0 saturated heterocycles. The first kappa shape index (κ1) is 28.8. The average molecular weight is 513 g/mol. The van der Waals surface area contributed by atoms with Gasteiger partial charge in [-0.25, -0.2) is 13.6 Å². The SMILES string of the molecule is C=C(N)NCCCC(NC=O)C(=O)O.Cc1cccn(C(c2ccccc2F)c2ccccc2F)c1=O. The Bertz CT molecular complexity index is 1230. The summed E-state index contributed by atoms with van der Waals surface area (Å²) >= 11 is 0. The van der Waals surface area contributed by atoms with E-state index in [1.54, 1.807) is 61.7 Å². The van der Waals surface area contributed by atoms with Gasteiger partial charge in [0.15, 0.2) is 0 Å². The van der Waals surface area contributed by atoms with Gasteiger partial charge in [-0.05, 0) is 38.0 Å². The monoisotopic (exact) mass is 512 g/mol. The van der Waals surface area contributed by atoms with Crippen LogP contribution in [0.4, 0.5) is 8.78 Å². The molecule has 0 aliphatic rings. The Hall–Kier alpha value is -4.47. The number of rotatable bonds is 11. The van der Waals surface area contributed by atoms with E-state index in [0.717, 1.165) is 0 Å². The van der Waals surface area contributed by atoms with Crippen LogP contribution in [0.25, 0.3) is 0 Å². The molecule has 1 heterocycles. The molecule has 0 saturated carbocycles. The lowest BCUT2D eigenvalue weighted by atomic mass is 9.97. The number of hydrogen-bond acceptors (Lipinski definition) is 5. The third-order valence-corrected chi connectivity index (χ3v) is 5.43. The Morgan fingerprint density at radius 1 is 1.08 bits per heavy atom. The summed E-state index contributed by atoms with van der Waals surface area (Å²) in [6.07, 6.45) is 2.88. The van der Waals surface area contributed by atoms with Crippen molar-refractivity contribution in [1.29, 1.82) is 0 Å². The van der Waals surface area contributed by atoms with Gasteiger partial charge in [0.25, 0.3) is 5.56 Å². The number of pyridine rings is 1. The maximum atomic E-state index is 14.3. The molecule has 0 bridgehead atoms. The van der Waals surface area contributed by atoms with E-state index in [2.05, 4.69) is 17.2 Å². The second-order valence-electron chi connectivity index (χ2n) is 8.12. The van der Waals surface area contributed by atoms with Crippen LogP contribution >= 0.6 is 0 Å². The number of carboxylic acids is 1. The Morgan fingerprint density at radius 3 is 2.14 bits per heavy atom. The molecule has 0 aliphatic heterocycles. The van der Waals surface area contributed by atoms with Gasteiger partial charge in [0.2, 0.25) is 6.41 Å². The van der Waals surface area contributed by atoms with Crippen molar-refractivity contribution in [3.05, 3.63) is 118 Å². The van der Waals surface area contributed by atoms with Gasteiger partial charge in [-0.3, -0.25) is 9.59 Å². The van der Waals surface area contributed by atoms with Crippen molar-refractivity contribution in [2.75, 3.05) is 6.54 Å². The van der Waals surface area contributed by atoms with Crippen LogP contribution in [0.15, 0.2) is 84.1 Å². The van der Waals surface area contributed by atoms with Crippen LogP contribution in [0.3, 0.4) is 0 Å². The number of hydrogen-bond donors (Lipinski definition) is 4. The summed E-state index contributed by atoms with van der Waals surface area (Å²) in [5.74, 6) is -1.65. The van der Waals surface area contributed by atoms with E-state index >= 15 is 0 Å². The Labute approximate surface area is 213 Å². The van der Waals surface area contributed by atoms with E-state index in [-0.39, 0.29) is 16.7 Å². The van der Waals surface area contributed by atoms with E-state index in [0.29, 0.717) is 37.2 Å². The summed E-state index contributed by atoms with van der Waals surface area (Å²) in [5, 5.41) is 13.6. The van der Waals surface area contributed by atoms with Crippen LogP contribution in [-0.2, 0) is 9.59 Å². The summed E-state index contributed by atoms with van der Waals surface area (Å²) < 4.78 is 30.0. The van der Waals surface area contributed by atoms with Gasteiger partial charge < -0.3 is 26.0 Å². The standard InChI is InChI=1S/C19H15F2NO.C8H15N3O3/c1-13-7-6-12-22(19(13)23)18(14-8-2-4-10-16(14)20)15-9-3-5-11-17(15)21;1-6(9)10-4-2-3-7(8(13)14)11-5-12/h2-12,18H,1H3;5,7,10H,1-4,9H2,(H,11,12)(H,13,14). The molecule has 1 amide bonds. The molecular formula is C27H30F2N4O4. The highest BCUT2D eigenvalue weighted by Gasteiger charge is 2.23. The van der Waals surface area contributed by atoms with Crippen molar-refractivity contribution in [2.45, 2.75) is 31.8 Å². The number of nitrogens with zero attached hydrogens (tertiary/aromatic N) is 1. The maximum Gasteiger partial charge on any atom is 0.326 e. The maximum absolute atomic E-state index is 14.3. The highest BCUT2D eigenvalue weighted by Crippen LogP contribution is 2.29. The number of aromatic nitrogens is 1. The Balaban J connectivity index is 0.000000298. The molecule has 3 rings (SSSR count). The van der Waals surface area contributed by atoms with E-state index in [1.807, 2.05) is 0 Å². The fraction of sp³-hybridized carbons (Fsp3) is 0.222. The molecule has 5 N–H and O–H groups in total. The van der Waals surface area contributed by atoms with Crippen molar-refractivity contribution in [1.82, 2.24) is 15.2 Å². The number of carbonyl (C=O) groups excluding carboxylic acids is 1. The van der Waals surface area contributed by atoms with E-state index in [9.17, 15) is 23.2 Å². The highest BCUT2D eigenvalue weighted by molar-refractivity contribution is 5.76. The zero-order chi connectivity index (χ0) is 27.4. The molecule has 3 aromatic rings. The van der Waals surface area contributed by atoms with E-state index < -0.39 is 29.7 Å². The van der Waals surface area contributed by atoms with Crippen LogP contribution < -0.4 is 21.9 Å². The molecule has 0 radical (unpaired) electrons. The quantitative estimate of drug-likeness (QED) is 0.231. The van der Waals surface area contributed by atoms with Gasteiger partial charge in [0.1, 0.15) is 17.7 Å². The number of aliphatic carboxylic acids is 1. The van der Waals surface area contributed by atoms with Crippen molar-refractivity contribution < 1.29 is 23.5 Å². The predicted molar refractivity (Wildman–Crippen MR) is 137 cm³/mol. The van der Waals surface area contributed by atoms with Crippen LogP contribution in [-0.4, -0.2) is 34.6 Å². The van der Waals surface area contributed by atoms with Crippen molar-refractivity contribution in [3.63, 3.8) is 0 Å². The summed E-state index contributed by atoms with van der Waals surface area (Å²) in [6.45, 7) is 5.64. The fourth-order valence-electron chi connectivity index (χ4n) is 3.60. The van der Waals surface area contributed by atoms with Crippen LogP contribution in [0.1, 0.15) is 35.6 Å². The van der Waals surface area contributed by atoms with Crippen molar-refractivity contribution >= 4 is 12.4 Å². The molecular weight excluding hydrogens is 482 g/mol. The van der Waals surface area contributed by atoms with Gasteiger partial charge in [-0.2, -0.15) is 0 Å². The first-order chi connectivity index (χ1) is 17.7. The number of nitrogens with two attached hydrogens (primary N) is 1. The minimum Gasteiger partial charge on any atom is -0.480 e. The summed E-state index contributed by atoms with van der Waals surface area (Å²) in [7, 11) is 0. The smallest absolute Gasteiger partial charge is 0.326 e. The molecule has 2 aromatic carbocycles. The van der Waals surface area contributed by atoms with Gasteiger partial charge in [0, 0.05) is 29.4 Å². The van der Waals surface area contributed by atoms with E-state index in [1.165, 1.54) is 16.7 Å². The molecule has 37 heavy (non-hydrogen) atoms. The lowest BCUT2D eigenvalue weighted by Crippen LogP contribution is -2.36. The predicted octanol–water partition coefficient (Wildman–Crippen LogP) is 3.06. The molecule has 0 aliphatic carbocycles. The first-order valence-electron chi connectivity index (χ1n) is 11.4. The summed E-state index contributed by atoms with van der Waals surface area (Å²) in [4.78, 5) is 33.1. The van der Waals surface area contributed by atoms with Gasteiger partial charge in [-0.1, -0.05) is 49.0 Å². The molecule has 1 unspecified atom stereocenters. The number of amides is 1. The molecule has 1 atom stereocenters. The van der Waals surface area contributed by atoms with Crippen molar-refractivity contribution in [2.24, 2.45) is 5.73 Å². The minimum absolute atomic E-state index is 0.255. The first-order valence-corrected chi connectivity index (χ1v) is 11.4. The second kappa shape index (κ2) is 14.2. The molecule has 8 nitrogen and oxygen atoms in total. The Morgan fingerprint density at radius 2 is 1.65 bits per heavy atom. The number of benzene rings is 2. The molecule has 0 spiro atoms. The molecule has 10 heteroatoms. The lowest BCUT2D eigenvalue weighted by molar-refractivity contribution is -0.140. The third kappa shape index (κ3) is 8.31. The number of nitrogens with one attached hydrogen (secondary N) is 2. The van der Waals surface area contributed by atoms with Crippen LogP contribution in [0, 0.1) is 18.6 Å². The van der Waals surface area contributed by atoms with E-state index in [4.69, 9.17) is 10.8 Å². The molecule has 1 aromatic heterocycles. The fourth-order valence-corrected chi connectivity index (χ4v) is 3.60. The molecule has 196 valence electrons. The van der Waals surface area contributed by atoms with Gasteiger partial charge >= 0.3 is 5.97 Å². The topological polar surface area (TPSA) is 126 Å². The van der Waals surface area contributed by atoms with Gasteiger partial charge in [0.05, 0.1) is 11.9 Å². The average Bonchev–Trinajstić information content (AvgIpc) is 2.86. The largest absolute Gasteiger partial charge is 0.480 e. The normalized spacial score (nSPS) is 11.1. The zero-order valence-corrected chi connectivity index (χ0v) is 20.4. The van der Waals surface area contributed by atoms with Crippen molar-refractivity contribution in [3.8, 4) is 0 Å². The minimum atomic E-state index is -1.04. The number of halogens is 2. The van der Waals surface area contributed by atoms with Gasteiger partial charge in [-0.15, -0.1) is 0 Å². The highest BCUT2D eigenvalue weighted by atomic mass is 19.1. The molecule has 0 fully saturated rings. The Kier molecular flexibility index (Phi) is 11.0. The van der Waals surface area contributed by atoms with Crippen LogP contribution in [0.2, 0.25) is 0 Å². The number of aryl methyl sites for hydroxylation is 1. The lowest BCUT2D eigenvalue weighted by Gasteiger charge is -2.22. The summed E-state index contributed by atoms with van der Waals surface area (Å²) in [5.41, 5.74) is 5.99. The summed E-state index contributed by atoms with van der Waals surface area (Å²) in [6, 6.07) is 13.9. The number of carboxylic acid groups (broad SMARTS) is 1. The van der Waals surface area contributed by atoms with Crippen LogP contribution in [0.5, 0.6) is 0 Å². The number of carbonyl (C=O) groups is 2. The zero-order valence-electron chi connectivity index (χ0n) is 20.4. The third-order valence-electron chi connectivity index (χ3n) is 5.43. The second-order valence-corrected chi connectivity index (χ2v) is 8.12.